The second kappa shape index (κ2) is 6.25. The number of benzene rings is 3. The molecular formula is C26H25BN2O2. The summed E-state index contributed by atoms with van der Waals surface area (Å²) in [6.07, 6.45) is 2.15. The Morgan fingerprint density at radius 3 is 2.23 bits per heavy atom. The normalized spacial score (nSPS) is 17.9. The van der Waals surface area contributed by atoms with Crippen molar-refractivity contribution in [2.75, 3.05) is 0 Å². The van der Waals surface area contributed by atoms with Gasteiger partial charge in [-0.3, -0.25) is 0 Å². The highest BCUT2D eigenvalue weighted by atomic mass is 16.7. The number of nitrogens with zero attached hydrogens (tertiary/aromatic N) is 1. The quantitative estimate of drug-likeness (QED) is 0.388. The second-order valence-electron chi connectivity index (χ2n) is 9.46. The maximum atomic E-state index is 6.30. The SMILES string of the molecule is CC1(C)OB(c2ccc3[nH]c4ccc5c(ccn5-c5ccccc5)c4c3c2)OC1(C)C. The molecule has 0 unspecified atom stereocenters. The Kier molecular flexibility index (Phi) is 3.78. The van der Waals surface area contributed by atoms with Crippen LogP contribution in [0.25, 0.3) is 38.4 Å². The molecule has 1 N–H and O–H groups in total. The van der Waals surface area contributed by atoms with E-state index in [1.165, 1.54) is 21.7 Å². The molecule has 3 heterocycles. The number of hydrogen-bond acceptors (Lipinski definition) is 2. The van der Waals surface area contributed by atoms with Gasteiger partial charge in [-0.1, -0.05) is 30.3 Å². The van der Waals surface area contributed by atoms with Crippen LogP contribution in [0.5, 0.6) is 0 Å². The molecule has 2 aromatic heterocycles. The van der Waals surface area contributed by atoms with Crippen LogP contribution in [0.4, 0.5) is 0 Å². The molecule has 0 spiro atoms. The van der Waals surface area contributed by atoms with Crippen molar-refractivity contribution in [3.05, 3.63) is 72.9 Å². The lowest BCUT2D eigenvalue weighted by Gasteiger charge is -2.32. The summed E-state index contributed by atoms with van der Waals surface area (Å²) < 4.78 is 14.8. The third kappa shape index (κ3) is 2.70. The zero-order valence-electron chi connectivity index (χ0n) is 18.3. The van der Waals surface area contributed by atoms with Gasteiger partial charge in [0.2, 0.25) is 0 Å². The number of nitrogens with one attached hydrogen (secondary N) is 1. The summed E-state index contributed by atoms with van der Waals surface area (Å²) in [6.45, 7) is 8.36. The maximum Gasteiger partial charge on any atom is 0.494 e. The molecule has 0 amide bonds. The van der Waals surface area contributed by atoms with Crippen LogP contribution < -0.4 is 5.46 Å². The lowest BCUT2D eigenvalue weighted by atomic mass is 9.78. The topological polar surface area (TPSA) is 39.2 Å². The highest BCUT2D eigenvalue weighted by Crippen LogP contribution is 2.38. The van der Waals surface area contributed by atoms with Gasteiger partial charge in [0.05, 0.1) is 16.7 Å². The number of aromatic amines is 1. The molecule has 1 aliphatic rings. The van der Waals surface area contributed by atoms with E-state index < -0.39 is 0 Å². The van der Waals surface area contributed by atoms with Crippen LogP contribution in [0.1, 0.15) is 27.7 Å². The van der Waals surface area contributed by atoms with Crippen molar-refractivity contribution < 1.29 is 9.31 Å². The zero-order chi connectivity index (χ0) is 21.4. The molecule has 1 fully saturated rings. The van der Waals surface area contributed by atoms with Crippen molar-refractivity contribution in [1.29, 1.82) is 0 Å². The maximum absolute atomic E-state index is 6.30. The monoisotopic (exact) mass is 408 g/mol. The Hall–Kier alpha value is -3.02. The Balaban J connectivity index is 1.54. The van der Waals surface area contributed by atoms with Crippen LogP contribution in [0.15, 0.2) is 72.9 Å². The minimum Gasteiger partial charge on any atom is -0.399 e. The summed E-state index contributed by atoms with van der Waals surface area (Å²) >= 11 is 0. The number of hydrogen-bond donors (Lipinski definition) is 1. The van der Waals surface area contributed by atoms with Crippen LogP contribution in [-0.4, -0.2) is 27.9 Å². The molecule has 6 rings (SSSR count). The summed E-state index contributed by atoms with van der Waals surface area (Å²) in [5.74, 6) is 0. The molecule has 5 heteroatoms. The molecule has 3 aromatic carbocycles. The van der Waals surface area contributed by atoms with E-state index in [4.69, 9.17) is 9.31 Å². The average Bonchev–Trinajstić information content (AvgIpc) is 3.39. The first-order valence-corrected chi connectivity index (χ1v) is 10.8. The standard InChI is InChI=1S/C26H25BN2O2/c1-25(2)26(3,4)31-27(30-25)17-10-11-21-20(16-17)24-19-14-15-29(18-8-6-5-7-9-18)23(19)13-12-22(24)28-21/h5-16,28H,1-4H3. The molecule has 0 saturated carbocycles. The van der Waals surface area contributed by atoms with E-state index >= 15 is 0 Å². The minimum absolute atomic E-state index is 0.354. The fraction of sp³-hybridized carbons (Fsp3) is 0.231. The Morgan fingerprint density at radius 2 is 1.48 bits per heavy atom. The van der Waals surface area contributed by atoms with E-state index in [9.17, 15) is 0 Å². The predicted molar refractivity (Wildman–Crippen MR) is 128 cm³/mol. The minimum atomic E-state index is -0.368. The van der Waals surface area contributed by atoms with E-state index in [0.717, 1.165) is 22.2 Å². The summed E-state index contributed by atoms with van der Waals surface area (Å²) in [5, 5.41) is 3.66. The van der Waals surface area contributed by atoms with Gasteiger partial charge in [0.1, 0.15) is 0 Å². The number of rotatable bonds is 2. The van der Waals surface area contributed by atoms with Gasteiger partial charge >= 0.3 is 7.12 Å². The average molecular weight is 408 g/mol. The molecule has 0 aliphatic carbocycles. The van der Waals surface area contributed by atoms with E-state index in [-0.39, 0.29) is 18.3 Å². The zero-order valence-corrected chi connectivity index (χ0v) is 18.3. The molecule has 1 aliphatic heterocycles. The van der Waals surface area contributed by atoms with Crippen molar-refractivity contribution in [2.24, 2.45) is 0 Å². The first kappa shape index (κ1) is 18.7. The van der Waals surface area contributed by atoms with Gasteiger partial charge in [0.15, 0.2) is 0 Å². The molecule has 0 atom stereocenters. The fourth-order valence-corrected chi connectivity index (χ4v) is 4.57. The Bertz CT molecular complexity index is 1430. The number of para-hydroxylation sites is 1. The number of H-pyrrole nitrogens is 1. The predicted octanol–water partition coefficient (Wildman–Crippen LogP) is 5.56. The first-order chi connectivity index (χ1) is 14.8. The van der Waals surface area contributed by atoms with Crippen LogP contribution in [0, 0.1) is 0 Å². The van der Waals surface area contributed by atoms with E-state index in [2.05, 4.69) is 104 Å². The van der Waals surface area contributed by atoms with Crippen LogP contribution in [-0.2, 0) is 9.31 Å². The van der Waals surface area contributed by atoms with Crippen molar-refractivity contribution in [1.82, 2.24) is 9.55 Å². The van der Waals surface area contributed by atoms with Gasteiger partial charge in [-0.25, -0.2) is 0 Å². The molecule has 154 valence electrons. The van der Waals surface area contributed by atoms with Crippen molar-refractivity contribution in [3.8, 4) is 5.69 Å². The largest absolute Gasteiger partial charge is 0.494 e. The summed E-state index contributed by atoms with van der Waals surface area (Å²) in [5.41, 5.74) is 4.96. The highest BCUT2D eigenvalue weighted by molar-refractivity contribution is 6.62. The van der Waals surface area contributed by atoms with Gasteiger partial charge in [-0.05, 0) is 69.6 Å². The Labute approximate surface area is 181 Å². The van der Waals surface area contributed by atoms with Crippen molar-refractivity contribution in [3.63, 3.8) is 0 Å². The molecule has 31 heavy (non-hydrogen) atoms. The molecule has 0 bridgehead atoms. The second-order valence-corrected chi connectivity index (χ2v) is 9.46. The van der Waals surface area contributed by atoms with Gasteiger partial charge < -0.3 is 18.9 Å². The summed E-state index contributed by atoms with van der Waals surface area (Å²) in [7, 11) is -0.368. The smallest absolute Gasteiger partial charge is 0.399 e. The molecule has 5 aromatic rings. The van der Waals surface area contributed by atoms with Gasteiger partial charge in [0.25, 0.3) is 0 Å². The third-order valence-corrected chi connectivity index (χ3v) is 7.01. The molecule has 1 saturated heterocycles. The van der Waals surface area contributed by atoms with Gasteiger partial charge in [-0.2, -0.15) is 0 Å². The molecule has 4 nitrogen and oxygen atoms in total. The van der Waals surface area contributed by atoms with Gasteiger partial charge in [0, 0.05) is 39.1 Å². The number of fused-ring (bicyclic) bond motifs is 5. The van der Waals surface area contributed by atoms with Crippen LogP contribution in [0.3, 0.4) is 0 Å². The first-order valence-electron chi connectivity index (χ1n) is 10.8. The third-order valence-electron chi connectivity index (χ3n) is 7.01. The van der Waals surface area contributed by atoms with Gasteiger partial charge in [-0.15, -0.1) is 0 Å². The van der Waals surface area contributed by atoms with E-state index in [1.807, 2.05) is 6.07 Å². The van der Waals surface area contributed by atoms with Crippen LogP contribution in [0.2, 0.25) is 0 Å². The molecular weight excluding hydrogens is 383 g/mol. The fourth-order valence-electron chi connectivity index (χ4n) is 4.57. The van der Waals surface area contributed by atoms with Crippen LogP contribution >= 0.6 is 0 Å². The lowest BCUT2D eigenvalue weighted by Crippen LogP contribution is -2.41. The summed E-state index contributed by atoms with van der Waals surface area (Å²) in [6, 6.07) is 23.5. The Morgan fingerprint density at radius 1 is 0.774 bits per heavy atom. The van der Waals surface area contributed by atoms with Crippen molar-refractivity contribution >= 4 is 45.3 Å². The number of aromatic nitrogens is 2. The van der Waals surface area contributed by atoms with Crippen molar-refractivity contribution in [2.45, 2.75) is 38.9 Å². The summed E-state index contributed by atoms with van der Waals surface area (Å²) in [4.78, 5) is 3.58. The highest BCUT2D eigenvalue weighted by Gasteiger charge is 2.51. The van der Waals surface area contributed by atoms with E-state index in [0.29, 0.717) is 0 Å². The lowest BCUT2D eigenvalue weighted by molar-refractivity contribution is 0.00578. The van der Waals surface area contributed by atoms with E-state index in [1.54, 1.807) is 0 Å². The molecule has 0 radical (unpaired) electrons.